The molecule has 0 aromatic carbocycles. The molecule has 6 nitrogen and oxygen atoms in total. The summed E-state index contributed by atoms with van der Waals surface area (Å²) in [6, 6.07) is 5.75. The number of nitrogens with one attached hydrogen (secondary N) is 1. The molecule has 2 heterocycles. The highest BCUT2D eigenvalue weighted by Gasteiger charge is 2.15. The summed E-state index contributed by atoms with van der Waals surface area (Å²) in [6.45, 7) is 2.41. The Bertz CT molecular complexity index is 565. The fraction of sp³-hybridized carbons (Fsp3) is 0.308. The molecule has 0 saturated carbocycles. The normalized spacial score (nSPS) is 12.3. The van der Waals surface area contributed by atoms with E-state index in [2.05, 4.69) is 15.4 Å². The van der Waals surface area contributed by atoms with Gasteiger partial charge in [0.15, 0.2) is 0 Å². The number of hydrogen-bond donors (Lipinski definition) is 2. The Hall–Kier alpha value is -2.21. The van der Waals surface area contributed by atoms with E-state index in [0.29, 0.717) is 12.2 Å². The van der Waals surface area contributed by atoms with Crippen LogP contribution in [0, 0.1) is 0 Å². The lowest BCUT2D eigenvalue weighted by molar-refractivity contribution is 0.0695. The van der Waals surface area contributed by atoms with Crippen LogP contribution in [-0.2, 0) is 13.6 Å². The first kappa shape index (κ1) is 13.2. The summed E-state index contributed by atoms with van der Waals surface area (Å²) in [6.07, 6.45) is 3.10. The van der Waals surface area contributed by atoms with E-state index in [1.165, 1.54) is 6.20 Å². The van der Waals surface area contributed by atoms with E-state index in [1.54, 1.807) is 17.9 Å². The second kappa shape index (κ2) is 5.62. The van der Waals surface area contributed by atoms with Gasteiger partial charge in [0, 0.05) is 25.8 Å². The SMILES string of the molecule is C[C@H](NCc1c(C(=O)O)cnn1C)c1ccccn1. The number of carboxylic acids is 1. The molecule has 0 unspecified atom stereocenters. The van der Waals surface area contributed by atoms with Crippen molar-refractivity contribution in [2.45, 2.75) is 19.5 Å². The topological polar surface area (TPSA) is 80.0 Å². The molecule has 100 valence electrons. The van der Waals surface area contributed by atoms with Crippen LogP contribution in [0.25, 0.3) is 0 Å². The third kappa shape index (κ3) is 2.97. The van der Waals surface area contributed by atoms with Gasteiger partial charge in [0.25, 0.3) is 0 Å². The quantitative estimate of drug-likeness (QED) is 0.848. The summed E-state index contributed by atoms with van der Waals surface area (Å²) >= 11 is 0. The van der Waals surface area contributed by atoms with Gasteiger partial charge >= 0.3 is 5.97 Å². The molecule has 0 aliphatic rings. The maximum atomic E-state index is 11.1. The lowest BCUT2D eigenvalue weighted by Gasteiger charge is -2.13. The predicted octanol–water partition coefficient (Wildman–Crippen LogP) is 1.36. The number of nitrogens with zero attached hydrogens (tertiary/aromatic N) is 3. The molecular formula is C13H16N4O2. The first-order chi connectivity index (χ1) is 9.09. The second-order valence-corrected chi connectivity index (χ2v) is 4.29. The maximum Gasteiger partial charge on any atom is 0.339 e. The van der Waals surface area contributed by atoms with Gasteiger partial charge in [0.1, 0.15) is 5.56 Å². The van der Waals surface area contributed by atoms with Crippen LogP contribution in [0.2, 0.25) is 0 Å². The lowest BCUT2D eigenvalue weighted by Crippen LogP contribution is -2.22. The van der Waals surface area contributed by atoms with Gasteiger partial charge in [0.2, 0.25) is 0 Å². The van der Waals surface area contributed by atoms with Crippen LogP contribution in [0.15, 0.2) is 30.6 Å². The molecular weight excluding hydrogens is 244 g/mol. The third-order valence-corrected chi connectivity index (χ3v) is 3.00. The Kier molecular flexibility index (Phi) is 3.91. The van der Waals surface area contributed by atoms with Crippen LogP contribution < -0.4 is 5.32 Å². The van der Waals surface area contributed by atoms with Gasteiger partial charge < -0.3 is 10.4 Å². The summed E-state index contributed by atoms with van der Waals surface area (Å²) in [5, 5.41) is 16.3. The molecule has 0 aliphatic carbocycles. The minimum absolute atomic E-state index is 0.0396. The molecule has 0 aliphatic heterocycles. The zero-order valence-electron chi connectivity index (χ0n) is 10.9. The summed E-state index contributed by atoms with van der Waals surface area (Å²) in [5.41, 5.74) is 1.79. The molecule has 0 spiro atoms. The number of pyridine rings is 1. The molecule has 2 aromatic rings. The molecule has 19 heavy (non-hydrogen) atoms. The molecule has 1 atom stereocenters. The average Bonchev–Trinajstić information content (AvgIpc) is 2.78. The van der Waals surface area contributed by atoms with Gasteiger partial charge in [-0.15, -0.1) is 0 Å². The maximum absolute atomic E-state index is 11.1. The second-order valence-electron chi connectivity index (χ2n) is 4.29. The van der Waals surface area contributed by atoms with Crippen molar-refractivity contribution in [1.29, 1.82) is 0 Å². The Labute approximate surface area is 111 Å². The molecule has 0 radical (unpaired) electrons. The molecule has 0 saturated heterocycles. The van der Waals surface area contributed by atoms with Crippen LogP contribution >= 0.6 is 0 Å². The number of aromatic carboxylic acids is 1. The van der Waals surface area contributed by atoms with Crippen LogP contribution in [-0.4, -0.2) is 25.8 Å². The fourth-order valence-electron chi connectivity index (χ4n) is 1.84. The van der Waals surface area contributed by atoms with E-state index in [4.69, 9.17) is 5.11 Å². The number of carboxylic acid groups (broad SMARTS) is 1. The zero-order valence-corrected chi connectivity index (χ0v) is 10.9. The van der Waals surface area contributed by atoms with E-state index < -0.39 is 5.97 Å². The van der Waals surface area contributed by atoms with E-state index >= 15 is 0 Å². The van der Waals surface area contributed by atoms with Crippen LogP contribution in [0.1, 0.15) is 34.7 Å². The van der Waals surface area contributed by atoms with Gasteiger partial charge in [-0.2, -0.15) is 5.10 Å². The minimum Gasteiger partial charge on any atom is -0.478 e. The smallest absolute Gasteiger partial charge is 0.339 e. The Balaban J connectivity index is 2.07. The first-order valence-electron chi connectivity index (χ1n) is 5.98. The fourth-order valence-corrected chi connectivity index (χ4v) is 1.84. The minimum atomic E-state index is -0.963. The monoisotopic (exact) mass is 260 g/mol. The van der Waals surface area contributed by atoms with E-state index in [0.717, 1.165) is 5.69 Å². The highest BCUT2D eigenvalue weighted by Crippen LogP contribution is 2.12. The average molecular weight is 260 g/mol. The van der Waals surface area contributed by atoms with Crippen LogP contribution in [0.5, 0.6) is 0 Å². The molecule has 2 aromatic heterocycles. The Morgan fingerprint density at radius 1 is 1.53 bits per heavy atom. The highest BCUT2D eigenvalue weighted by molar-refractivity contribution is 5.88. The van der Waals surface area contributed by atoms with Crippen molar-refractivity contribution in [3.8, 4) is 0 Å². The summed E-state index contributed by atoms with van der Waals surface area (Å²) in [7, 11) is 1.73. The van der Waals surface area contributed by atoms with Crippen molar-refractivity contribution in [3.63, 3.8) is 0 Å². The standard InChI is InChI=1S/C13H16N4O2/c1-9(11-5-3-4-6-14-11)15-8-12-10(13(18)19)7-16-17(12)2/h3-7,9,15H,8H2,1-2H3,(H,18,19)/t9-/m0/s1. The van der Waals surface area contributed by atoms with Gasteiger partial charge in [-0.1, -0.05) is 6.07 Å². The number of carbonyl (C=O) groups is 1. The number of hydrogen-bond acceptors (Lipinski definition) is 4. The molecule has 6 heteroatoms. The molecule has 2 rings (SSSR count). The van der Waals surface area contributed by atoms with E-state index in [9.17, 15) is 4.79 Å². The van der Waals surface area contributed by atoms with Crippen LogP contribution in [0.4, 0.5) is 0 Å². The van der Waals surface area contributed by atoms with E-state index in [-0.39, 0.29) is 11.6 Å². The van der Waals surface area contributed by atoms with Crippen molar-refractivity contribution >= 4 is 5.97 Å². The van der Waals surface area contributed by atoms with E-state index in [1.807, 2.05) is 25.1 Å². The largest absolute Gasteiger partial charge is 0.478 e. The molecule has 0 bridgehead atoms. The molecule has 2 N–H and O–H groups in total. The number of aromatic nitrogens is 3. The van der Waals surface area contributed by atoms with Gasteiger partial charge in [0.05, 0.1) is 17.6 Å². The van der Waals surface area contributed by atoms with Crippen molar-refractivity contribution < 1.29 is 9.90 Å². The molecule has 0 amide bonds. The van der Waals surface area contributed by atoms with Gasteiger partial charge in [-0.05, 0) is 19.1 Å². The first-order valence-corrected chi connectivity index (χ1v) is 5.98. The summed E-state index contributed by atoms with van der Waals surface area (Å²) in [4.78, 5) is 15.3. The van der Waals surface area contributed by atoms with Crippen molar-refractivity contribution in [2.75, 3.05) is 0 Å². The van der Waals surface area contributed by atoms with Crippen molar-refractivity contribution in [1.82, 2.24) is 20.1 Å². The lowest BCUT2D eigenvalue weighted by atomic mass is 10.2. The summed E-state index contributed by atoms with van der Waals surface area (Å²) in [5.74, 6) is -0.963. The predicted molar refractivity (Wildman–Crippen MR) is 69.7 cm³/mol. The summed E-state index contributed by atoms with van der Waals surface area (Å²) < 4.78 is 1.57. The number of rotatable bonds is 5. The van der Waals surface area contributed by atoms with Gasteiger partial charge in [-0.25, -0.2) is 4.79 Å². The molecule has 0 fully saturated rings. The van der Waals surface area contributed by atoms with Crippen molar-refractivity contribution in [3.05, 3.63) is 47.5 Å². The van der Waals surface area contributed by atoms with Gasteiger partial charge in [-0.3, -0.25) is 9.67 Å². The highest BCUT2D eigenvalue weighted by atomic mass is 16.4. The third-order valence-electron chi connectivity index (χ3n) is 3.00. The van der Waals surface area contributed by atoms with Crippen LogP contribution in [0.3, 0.4) is 0 Å². The van der Waals surface area contributed by atoms with Crippen molar-refractivity contribution in [2.24, 2.45) is 7.05 Å². The Morgan fingerprint density at radius 3 is 2.95 bits per heavy atom. The zero-order chi connectivity index (χ0) is 13.8. The number of aryl methyl sites for hydroxylation is 1. The Morgan fingerprint density at radius 2 is 2.32 bits per heavy atom.